The first-order valence-electron chi connectivity index (χ1n) is 6.44. The summed E-state index contributed by atoms with van der Waals surface area (Å²) in [5, 5.41) is 0.852. The zero-order chi connectivity index (χ0) is 14.8. The van der Waals surface area contributed by atoms with Crippen LogP contribution in [0.15, 0.2) is 48.8 Å². The van der Waals surface area contributed by atoms with Crippen molar-refractivity contribution in [3.8, 4) is 0 Å². The van der Waals surface area contributed by atoms with Gasteiger partial charge in [-0.3, -0.25) is 4.79 Å². The molecule has 2 heterocycles. The van der Waals surface area contributed by atoms with Crippen molar-refractivity contribution in [1.29, 1.82) is 0 Å². The lowest BCUT2D eigenvalue weighted by atomic mass is 10.0. The van der Waals surface area contributed by atoms with E-state index in [1.807, 2.05) is 36.4 Å². The van der Waals surface area contributed by atoms with Gasteiger partial charge in [-0.15, -0.1) is 0 Å². The van der Waals surface area contributed by atoms with Gasteiger partial charge in [0.25, 0.3) is 0 Å². The number of aromatic nitrogens is 2. The fraction of sp³-hybridized carbons (Fsp3) is 0. The molecule has 0 radical (unpaired) electrons. The van der Waals surface area contributed by atoms with Gasteiger partial charge >= 0.3 is 0 Å². The molecule has 3 rings (SSSR count). The van der Waals surface area contributed by atoms with Crippen molar-refractivity contribution in [2.75, 3.05) is 5.73 Å². The van der Waals surface area contributed by atoms with Crippen LogP contribution in [-0.2, 0) is 4.79 Å². The summed E-state index contributed by atoms with van der Waals surface area (Å²) < 4.78 is 0. The first-order valence-corrected chi connectivity index (χ1v) is 6.44. The van der Waals surface area contributed by atoms with Crippen LogP contribution in [0.4, 0.5) is 5.69 Å². The monoisotopic (exact) mass is 278 g/mol. The van der Waals surface area contributed by atoms with Crippen LogP contribution in [0, 0.1) is 0 Å². The molecule has 2 aromatic heterocycles. The fourth-order valence-corrected chi connectivity index (χ4v) is 2.23. The molecule has 3 aromatic rings. The smallest absolute Gasteiger partial charge is 0.249 e. The molecule has 1 aromatic carbocycles. The Balaban J connectivity index is 2.16. The summed E-state index contributed by atoms with van der Waals surface area (Å²) in [5.74, 6) is -0.479. The Hall–Kier alpha value is -3.08. The summed E-state index contributed by atoms with van der Waals surface area (Å²) in [6, 6.07) is 11.1. The van der Waals surface area contributed by atoms with E-state index in [9.17, 15) is 4.79 Å². The second kappa shape index (κ2) is 5.13. The van der Waals surface area contributed by atoms with Crippen molar-refractivity contribution >= 4 is 34.3 Å². The molecular formula is C16H14N4O. The largest absolute Gasteiger partial charge is 0.397 e. The van der Waals surface area contributed by atoms with Crippen LogP contribution in [0.1, 0.15) is 11.1 Å². The van der Waals surface area contributed by atoms with Crippen molar-refractivity contribution < 1.29 is 4.79 Å². The van der Waals surface area contributed by atoms with E-state index in [0.717, 1.165) is 16.5 Å². The highest BCUT2D eigenvalue weighted by atomic mass is 16.1. The Morgan fingerprint density at radius 2 is 2.00 bits per heavy atom. The number of rotatable bonds is 3. The summed E-state index contributed by atoms with van der Waals surface area (Å²) in [6.45, 7) is 0. The maximum absolute atomic E-state index is 11.7. The van der Waals surface area contributed by atoms with Gasteiger partial charge in [0.2, 0.25) is 5.91 Å². The predicted octanol–water partition coefficient (Wildman–Crippen LogP) is 2.17. The summed E-state index contributed by atoms with van der Waals surface area (Å²) in [5.41, 5.74) is 14.6. The number of benzene rings is 1. The van der Waals surface area contributed by atoms with Gasteiger partial charge in [-0.05, 0) is 17.7 Å². The number of amides is 1. The second-order valence-corrected chi connectivity index (χ2v) is 4.70. The Labute approximate surface area is 121 Å². The molecule has 104 valence electrons. The van der Waals surface area contributed by atoms with E-state index in [1.54, 1.807) is 18.5 Å². The molecule has 0 saturated heterocycles. The number of pyridine rings is 1. The highest BCUT2D eigenvalue weighted by Gasteiger charge is 2.10. The van der Waals surface area contributed by atoms with Crippen molar-refractivity contribution in [2.24, 2.45) is 5.73 Å². The molecule has 0 fully saturated rings. The molecule has 5 nitrogen and oxygen atoms in total. The summed E-state index contributed by atoms with van der Waals surface area (Å²) in [4.78, 5) is 19.0. The van der Waals surface area contributed by atoms with Gasteiger partial charge in [-0.25, -0.2) is 4.98 Å². The van der Waals surface area contributed by atoms with Gasteiger partial charge in [0, 0.05) is 22.7 Å². The summed E-state index contributed by atoms with van der Waals surface area (Å²) in [7, 11) is 0. The average molecular weight is 278 g/mol. The number of hydrogen-bond acceptors (Lipinski definition) is 3. The number of aromatic amines is 1. The Morgan fingerprint density at radius 3 is 2.71 bits per heavy atom. The Kier molecular flexibility index (Phi) is 3.16. The topological polar surface area (TPSA) is 97.8 Å². The maximum atomic E-state index is 11.7. The number of carbonyl (C=O) groups is 1. The van der Waals surface area contributed by atoms with Gasteiger partial charge in [-0.2, -0.15) is 0 Å². The van der Waals surface area contributed by atoms with Crippen LogP contribution in [0.5, 0.6) is 0 Å². The number of H-pyrrole nitrogens is 1. The minimum atomic E-state index is -0.479. The third-order valence-electron chi connectivity index (χ3n) is 3.23. The maximum Gasteiger partial charge on any atom is 0.249 e. The fourth-order valence-electron chi connectivity index (χ4n) is 2.23. The van der Waals surface area contributed by atoms with Crippen molar-refractivity contribution in [3.63, 3.8) is 0 Å². The molecule has 0 aliphatic carbocycles. The lowest BCUT2D eigenvalue weighted by Crippen LogP contribution is -2.12. The highest BCUT2D eigenvalue weighted by molar-refractivity contribution is 6.24. The molecule has 0 aliphatic rings. The molecule has 0 atom stereocenters. The van der Waals surface area contributed by atoms with Gasteiger partial charge in [0.15, 0.2) is 0 Å². The summed E-state index contributed by atoms with van der Waals surface area (Å²) >= 11 is 0. The highest BCUT2D eigenvalue weighted by Crippen LogP contribution is 2.24. The van der Waals surface area contributed by atoms with Crippen LogP contribution in [-0.4, -0.2) is 15.9 Å². The molecule has 1 amide bonds. The van der Waals surface area contributed by atoms with Crippen LogP contribution in [0.2, 0.25) is 0 Å². The SMILES string of the molecule is NC(=O)/C(=C/c1c[nH]c2ncc(N)cc12)c1ccccc1. The van der Waals surface area contributed by atoms with E-state index in [2.05, 4.69) is 9.97 Å². The predicted molar refractivity (Wildman–Crippen MR) is 84.0 cm³/mol. The van der Waals surface area contributed by atoms with Crippen LogP contribution in [0.25, 0.3) is 22.7 Å². The quantitative estimate of drug-likeness (QED) is 0.640. The molecule has 5 heteroatoms. The van der Waals surface area contributed by atoms with Crippen molar-refractivity contribution in [1.82, 2.24) is 9.97 Å². The van der Waals surface area contributed by atoms with Gasteiger partial charge in [0.05, 0.1) is 11.9 Å². The number of nitrogen functional groups attached to an aromatic ring is 1. The third-order valence-corrected chi connectivity index (χ3v) is 3.23. The van der Waals surface area contributed by atoms with E-state index >= 15 is 0 Å². The number of fused-ring (bicyclic) bond motifs is 1. The van der Waals surface area contributed by atoms with Gasteiger partial charge in [-0.1, -0.05) is 30.3 Å². The normalized spacial score (nSPS) is 11.7. The Morgan fingerprint density at radius 1 is 1.24 bits per heavy atom. The van der Waals surface area contributed by atoms with Crippen LogP contribution >= 0.6 is 0 Å². The minimum absolute atomic E-state index is 0.443. The average Bonchev–Trinajstić information content (AvgIpc) is 2.87. The minimum Gasteiger partial charge on any atom is -0.397 e. The molecule has 0 spiro atoms. The van der Waals surface area contributed by atoms with Crippen LogP contribution in [0.3, 0.4) is 0 Å². The lowest BCUT2D eigenvalue weighted by Gasteiger charge is -2.03. The van der Waals surface area contributed by atoms with E-state index in [0.29, 0.717) is 16.9 Å². The standard InChI is InChI=1S/C16H14N4O/c17-12-7-14-11(8-19-16(14)20-9-12)6-13(15(18)21)10-4-2-1-3-5-10/h1-9H,17H2,(H2,18,21)(H,19,20)/b13-6+. The number of carbonyl (C=O) groups excluding carboxylic acids is 1. The molecule has 5 N–H and O–H groups in total. The molecule has 0 unspecified atom stereocenters. The van der Waals surface area contributed by atoms with Gasteiger partial charge in [0.1, 0.15) is 5.65 Å². The zero-order valence-corrected chi connectivity index (χ0v) is 11.2. The number of hydrogen-bond donors (Lipinski definition) is 3. The lowest BCUT2D eigenvalue weighted by molar-refractivity contribution is -0.112. The first-order chi connectivity index (χ1) is 10.1. The number of nitrogens with two attached hydrogens (primary N) is 2. The van der Waals surface area contributed by atoms with Gasteiger partial charge < -0.3 is 16.5 Å². The van der Waals surface area contributed by atoms with E-state index in [4.69, 9.17) is 11.5 Å². The van der Waals surface area contributed by atoms with Crippen molar-refractivity contribution in [2.45, 2.75) is 0 Å². The molecule has 21 heavy (non-hydrogen) atoms. The Bertz CT molecular complexity index is 834. The number of nitrogens with one attached hydrogen (secondary N) is 1. The van der Waals surface area contributed by atoms with E-state index in [1.165, 1.54) is 0 Å². The first kappa shape index (κ1) is 12.9. The van der Waals surface area contributed by atoms with Crippen molar-refractivity contribution in [3.05, 3.63) is 59.9 Å². The third kappa shape index (κ3) is 2.49. The van der Waals surface area contributed by atoms with E-state index in [-0.39, 0.29) is 0 Å². The molecule has 0 saturated carbocycles. The van der Waals surface area contributed by atoms with Crippen LogP contribution < -0.4 is 11.5 Å². The second-order valence-electron chi connectivity index (χ2n) is 4.70. The number of nitrogens with zero attached hydrogens (tertiary/aromatic N) is 1. The zero-order valence-electron chi connectivity index (χ0n) is 11.2. The molecule has 0 aliphatic heterocycles. The molecule has 0 bridgehead atoms. The van der Waals surface area contributed by atoms with E-state index < -0.39 is 5.91 Å². The number of anilines is 1. The number of primary amides is 1. The summed E-state index contributed by atoms with van der Waals surface area (Å²) in [6.07, 6.45) is 5.11. The molecular weight excluding hydrogens is 264 g/mol.